The van der Waals surface area contributed by atoms with Crippen molar-refractivity contribution < 1.29 is 18.9 Å². The molecule has 9 heteroatoms. The van der Waals surface area contributed by atoms with Crippen LogP contribution < -0.4 is 10.7 Å². The SMILES string of the molecule is Cc1c(C(=O)Nc2ccccc2)oc2c1/C(=N/NC(=O)c1ccc([N+](=O)[O-])cc1)CCC2. The van der Waals surface area contributed by atoms with Crippen molar-refractivity contribution in [1.82, 2.24) is 5.43 Å². The van der Waals surface area contributed by atoms with Crippen molar-refractivity contribution in [3.05, 3.63) is 92.9 Å². The molecule has 32 heavy (non-hydrogen) atoms. The number of anilines is 1. The van der Waals surface area contributed by atoms with E-state index in [0.29, 0.717) is 35.6 Å². The summed E-state index contributed by atoms with van der Waals surface area (Å²) < 4.78 is 5.86. The van der Waals surface area contributed by atoms with Gasteiger partial charge in [-0.25, -0.2) is 5.43 Å². The van der Waals surface area contributed by atoms with E-state index in [1.54, 1.807) is 19.1 Å². The molecule has 1 heterocycles. The van der Waals surface area contributed by atoms with Gasteiger partial charge in [-0.15, -0.1) is 0 Å². The van der Waals surface area contributed by atoms with Gasteiger partial charge in [-0.2, -0.15) is 5.10 Å². The minimum Gasteiger partial charge on any atom is -0.455 e. The molecule has 0 saturated carbocycles. The number of nitrogens with one attached hydrogen (secondary N) is 2. The molecule has 0 radical (unpaired) electrons. The molecule has 162 valence electrons. The van der Waals surface area contributed by atoms with Crippen LogP contribution in [0.1, 0.15) is 50.6 Å². The molecule has 1 aliphatic rings. The Bertz CT molecular complexity index is 1210. The number of rotatable bonds is 5. The van der Waals surface area contributed by atoms with E-state index < -0.39 is 10.8 Å². The third kappa shape index (κ3) is 4.27. The predicted octanol–water partition coefficient (Wildman–Crippen LogP) is 4.22. The van der Waals surface area contributed by atoms with Gasteiger partial charge in [0.05, 0.1) is 10.6 Å². The van der Waals surface area contributed by atoms with E-state index in [1.807, 2.05) is 18.2 Å². The molecule has 0 unspecified atom stereocenters. The van der Waals surface area contributed by atoms with Crippen molar-refractivity contribution in [3.8, 4) is 0 Å². The lowest BCUT2D eigenvalue weighted by molar-refractivity contribution is -0.384. The summed E-state index contributed by atoms with van der Waals surface area (Å²) in [4.78, 5) is 35.4. The standard InChI is InChI=1S/C23H20N4O5/c1-14-20-18(25-26-22(28)15-10-12-17(13-11-15)27(30)31)8-5-9-19(20)32-21(14)23(29)24-16-6-3-2-4-7-16/h2-4,6-7,10-13H,5,8-9H2,1H3,(H,24,29)(H,26,28)/b25-18+. The van der Waals surface area contributed by atoms with Crippen LogP contribution in [0.4, 0.5) is 11.4 Å². The molecule has 2 N–H and O–H groups in total. The average Bonchev–Trinajstić information content (AvgIpc) is 3.15. The van der Waals surface area contributed by atoms with E-state index in [9.17, 15) is 19.7 Å². The van der Waals surface area contributed by atoms with Crippen LogP contribution in [-0.4, -0.2) is 22.4 Å². The number of carbonyl (C=O) groups is 2. The molecular weight excluding hydrogens is 412 g/mol. The van der Waals surface area contributed by atoms with Crippen molar-refractivity contribution in [2.24, 2.45) is 5.10 Å². The maximum absolute atomic E-state index is 12.7. The van der Waals surface area contributed by atoms with Crippen LogP contribution in [-0.2, 0) is 6.42 Å². The fourth-order valence-electron chi connectivity index (χ4n) is 3.62. The normalized spacial score (nSPS) is 14.0. The van der Waals surface area contributed by atoms with Gasteiger partial charge in [0.1, 0.15) is 5.76 Å². The number of hydrogen-bond donors (Lipinski definition) is 2. The number of furan rings is 1. The van der Waals surface area contributed by atoms with Crippen molar-refractivity contribution >= 4 is 28.9 Å². The first kappa shape index (κ1) is 21.0. The summed E-state index contributed by atoms with van der Waals surface area (Å²) in [5, 5.41) is 17.8. The molecule has 2 aromatic carbocycles. The Morgan fingerprint density at radius 1 is 1.03 bits per heavy atom. The highest BCUT2D eigenvalue weighted by Crippen LogP contribution is 2.30. The molecule has 1 aromatic heterocycles. The van der Waals surface area contributed by atoms with Crippen molar-refractivity contribution in [2.75, 3.05) is 5.32 Å². The number of hydrogen-bond acceptors (Lipinski definition) is 6. The van der Waals surface area contributed by atoms with Gasteiger partial charge in [-0.1, -0.05) is 18.2 Å². The fraction of sp³-hybridized carbons (Fsp3) is 0.174. The Kier molecular flexibility index (Phi) is 5.80. The van der Waals surface area contributed by atoms with Gasteiger partial charge in [0, 0.05) is 40.9 Å². The smallest absolute Gasteiger partial charge is 0.291 e. The number of para-hydroxylation sites is 1. The van der Waals surface area contributed by atoms with E-state index in [1.165, 1.54) is 24.3 Å². The summed E-state index contributed by atoms with van der Waals surface area (Å²) in [6.07, 6.45) is 2.06. The monoisotopic (exact) mass is 432 g/mol. The van der Waals surface area contributed by atoms with Crippen LogP contribution >= 0.6 is 0 Å². The van der Waals surface area contributed by atoms with Gasteiger partial charge in [0.25, 0.3) is 17.5 Å². The molecular formula is C23H20N4O5. The number of nitro groups is 1. The molecule has 0 fully saturated rings. The maximum Gasteiger partial charge on any atom is 0.291 e. The highest BCUT2D eigenvalue weighted by atomic mass is 16.6. The summed E-state index contributed by atoms with van der Waals surface area (Å²) in [7, 11) is 0. The van der Waals surface area contributed by atoms with Gasteiger partial charge in [-0.05, 0) is 44.0 Å². The van der Waals surface area contributed by atoms with Crippen molar-refractivity contribution in [3.63, 3.8) is 0 Å². The van der Waals surface area contributed by atoms with Crippen LogP contribution in [0.25, 0.3) is 0 Å². The van der Waals surface area contributed by atoms with Gasteiger partial charge in [-0.3, -0.25) is 19.7 Å². The highest BCUT2D eigenvalue weighted by Gasteiger charge is 2.28. The first-order valence-electron chi connectivity index (χ1n) is 10.0. The minimum absolute atomic E-state index is 0.0971. The molecule has 2 amide bonds. The third-order valence-corrected chi connectivity index (χ3v) is 5.20. The second kappa shape index (κ2) is 8.84. The van der Waals surface area contributed by atoms with Gasteiger partial charge in [0.15, 0.2) is 5.76 Å². The van der Waals surface area contributed by atoms with Gasteiger partial charge < -0.3 is 9.73 Å². The third-order valence-electron chi connectivity index (χ3n) is 5.20. The Balaban J connectivity index is 1.54. The number of amides is 2. The number of aryl methyl sites for hydroxylation is 1. The lowest BCUT2D eigenvalue weighted by atomic mass is 9.93. The van der Waals surface area contributed by atoms with Gasteiger partial charge >= 0.3 is 0 Å². The number of benzene rings is 2. The summed E-state index contributed by atoms with van der Waals surface area (Å²) >= 11 is 0. The predicted molar refractivity (Wildman–Crippen MR) is 118 cm³/mol. The number of nitro benzene ring substituents is 1. The van der Waals surface area contributed by atoms with E-state index in [2.05, 4.69) is 15.8 Å². The number of hydrazone groups is 1. The zero-order valence-electron chi connectivity index (χ0n) is 17.3. The Labute approximate surface area is 183 Å². The lowest BCUT2D eigenvalue weighted by Gasteiger charge is -2.13. The molecule has 9 nitrogen and oxygen atoms in total. The average molecular weight is 432 g/mol. The highest BCUT2D eigenvalue weighted by molar-refractivity contribution is 6.09. The first-order valence-corrected chi connectivity index (χ1v) is 10.0. The quantitative estimate of drug-likeness (QED) is 0.461. The summed E-state index contributed by atoms with van der Waals surface area (Å²) in [6, 6.07) is 14.4. The molecule has 0 saturated heterocycles. The largest absolute Gasteiger partial charge is 0.455 e. The fourth-order valence-corrected chi connectivity index (χ4v) is 3.62. The van der Waals surface area contributed by atoms with Crippen LogP contribution in [0.5, 0.6) is 0 Å². The number of fused-ring (bicyclic) bond motifs is 1. The number of nitrogens with zero attached hydrogens (tertiary/aromatic N) is 2. The molecule has 0 atom stereocenters. The molecule has 0 bridgehead atoms. The Hall–Kier alpha value is -4.27. The second-order valence-electron chi connectivity index (χ2n) is 7.33. The summed E-state index contributed by atoms with van der Waals surface area (Å²) in [6.45, 7) is 1.79. The molecule has 1 aliphatic carbocycles. The topological polar surface area (TPSA) is 127 Å². The molecule has 4 rings (SSSR count). The lowest BCUT2D eigenvalue weighted by Crippen LogP contribution is -2.22. The van der Waals surface area contributed by atoms with Crippen LogP contribution in [0, 0.1) is 17.0 Å². The van der Waals surface area contributed by atoms with E-state index in [-0.39, 0.29) is 22.9 Å². The second-order valence-corrected chi connectivity index (χ2v) is 7.33. The van der Waals surface area contributed by atoms with E-state index >= 15 is 0 Å². The first-order chi connectivity index (χ1) is 15.4. The summed E-state index contributed by atoms with van der Waals surface area (Å²) in [5.41, 5.74) is 5.34. The minimum atomic E-state index is -0.529. The van der Waals surface area contributed by atoms with Crippen molar-refractivity contribution in [1.29, 1.82) is 0 Å². The van der Waals surface area contributed by atoms with Crippen LogP contribution in [0.2, 0.25) is 0 Å². The zero-order chi connectivity index (χ0) is 22.7. The molecule has 0 spiro atoms. The number of carbonyl (C=O) groups excluding carboxylic acids is 2. The Morgan fingerprint density at radius 3 is 2.44 bits per heavy atom. The van der Waals surface area contributed by atoms with Crippen LogP contribution in [0.15, 0.2) is 64.1 Å². The Morgan fingerprint density at radius 2 is 1.75 bits per heavy atom. The van der Waals surface area contributed by atoms with Gasteiger partial charge in [0.2, 0.25) is 0 Å². The maximum atomic E-state index is 12.7. The zero-order valence-corrected chi connectivity index (χ0v) is 17.3. The van der Waals surface area contributed by atoms with E-state index in [0.717, 1.165) is 12.0 Å². The molecule has 0 aliphatic heterocycles. The van der Waals surface area contributed by atoms with E-state index in [4.69, 9.17) is 4.42 Å². The van der Waals surface area contributed by atoms with Crippen molar-refractivity contribution in [2.45, 2.75) is 26.2 Å². The molecule has 3 aromatic rings. The van der Waals surface area contributed by atoms with Crippen LogP contribution in [0.3, 0.4) is 0 Å². The summed E-state index contributed by atoms with van der Waals surface area (Å²) in [5.74, 6) is 0.0468. The number of non-ortho nitro benzene ring substituents is 1.